The van der Waals surface area contributed by atoms with Gasteiger partial charge in [-0.25, -0.2) is 9.59 Å². The van der Waals surface area contributed by atoms with Gasteiger partial charge in [0.15, 0.2) is 24.2 Å². The van der Waals surface area contributed by atoms with Gasteiger partial charge >= 0.3 is 11.9 Å². The van der Waals surface area contributed by atoms with Crippen molar-refractivity contribution in [3.8, 4) is 0 Å². The average molecular weight is 1050 g/mol. The number of carbonyl (C=O) groups excluding carboxylic acids is 2. The van der Waals surface area contributed by atoms with Crippen LogP contribution >= 0.6 is 0 Å². The van der Waals surface area contributed by atoms with Crippen LogP contribution in [0.4, 0.5) is 0 Å². The van der Waals surface area contributed by atoms with Gasteiger partial charge in [-0.05, 0) is 40.5 Å². The van der Waals surface area contributed by atoms with Gasteiger partial charge in [-0.15, -0.1) is 0 Å². The first kappa shape index (κ1) is 62.2. The normalized spacial score (nSPS) is 45.1. The number of methoxy groups -OCH3 is 2. The van der Waals surface area contributed by atoms with E-state index in [0.29, 0.717) is 12.8 Å². The van der Waals surface area contributed by atoms with Crippen LogP contribution in [0.3, 0.4) is 0 Å². The van der Waals surface area contributed by atoms with Gasteiger partial charge in [0.2, 0.25) is 0 Å². The van der Waals surface area contributed by atoms with Gasteiger partial charge in [0.05, 0.1) is 61.0 Å². The lowest BCUT2D eigenvalue weighted by atomic mass is 9.76. The Morgan fingerprint density at radius 2 is 0.932 bits per heavy atom. The second kappa shape index (κ2) is 27.3. The smallest absolute Gasteiger partial charge is 0.331 e. The maximum Gasteiger partial charge on any atom is 0.331 e. The molecular formula is C56H92O18. The average Bonchev–Trinajstić information content (AvgIpc) is 3.36. The molecule has 0 aliphatic carbocycles. The molecule has 5 aliphatic heterocycles. The van der Waals surface area contributed by atoms with E-state index in [4.69, 9.17) is 47.4 Å². The number of carbonyl (C=O) groups is 2. The number of aliphatic hydroxyl groups is 6. The first-order valence-electron chi connectivity index (χ1n) is 27.1. The molecule has 0 amide bonds. The molecule has 0 saturated carbocycles. The van der Waals surface area contributed by atoms with Crippen LogP contribution in [0.1, 0.15) is 122 Å². The molecule has 5 rings (SSSR count). The molecule has 0 aromatic rings. The number of rotatable bonds is 16. The molecule has 6 N–H and O–H groups in total. The number of ether oxygens (including phenoxy) is 10. The van der Waals surface area contributed by atoms with Crippen molar-refractivity contribution >= 4 is 11.9 Å². The van der Waals surface area contributed by atoms with Crippen molar-refractivity contribution in [2.75, 3.05) is 14.2 Å². The fraction of sp³-hybridized carbons (Fsp3) is 0.821. The molecular weight excluding hydrogens is 961 g/mol. The minimum absolute atomic E-state index is 0.0684. The van der Waals surface area contributed by atoms with E-state index < -0.39 is 145 Å². The maximum absolute atomic E-state index is 13.6. The molecule has 0 bridgehead atoms. The quantitative estimate of drug-likeness (QED) is 0.106. The molecule has 74 heavy (non-hydrogen) atoms. The molecule has 5 aliphatic rings. The van der Waals surface area contributed by atoms with Crippen LogP contribution in [0, 0.1) is 47.3 Å². The molecule has 0 aromatic heterocycles. The Hall–Kier alpha value is -2.66. The fourth-order valence-corrected chi connectivity index (χ4v) is 12.2. The molecule has 424 valence electrons. The van der Waals surface area contributed by atoms with Crippen molar-refractivity contribution in [3.05, 3.63) is 48.6 Å². The summed E-state index contributed by atoms with van der Waals surface area (Å²) in [6.45, 7) is 22.3. The molecule has 5 heterocycles. The Kier molecular flexibility index (Phi) is 22.9. The molecule has 4 saturated heterocycles. The summed E-state index contributed by atoms with van der Waals surface area (Å²) >= 11 is 0. The third kappa shape index (κ3) is 14.5. The van der Waals surface area contributed by atoms with Crippen LogP contribution in [0.15, 0.2) is 48.6 Å². The summed E-state index contributed by atoms with van der Waals surface area (Å²) in [6.07, 6.45) is 2.08. The Bertz CT molecular complexity index is 1740. The van der Waals surface area contributed by atoms with Crippen molar-refractivity contribution in [2.45, 2.75) is 231 Å². The molecule has 4 fully saturated rings. The van der Waals surface area contributed by atoms with Gasteiger partial charge in [-0.1, -0.05) is 91.8 Å². The van der Waals surface area contributed by atoms with Gasteiger partial charge in [0, 0.05) is 99.4 Å². The Labute approximate surface area is 439 Å². The zero-order valence-corrected chi connectivity index (χ0v) is 46.3. The van der Waals surface area contributed by atoms with E-state index in [1.165, 1.54) is 38.5 Å². The highest BCUT2D eigenvalue weighted by Crippen LogP contribution is 2.47. The Balaban J connectivity index is 1.31. The predicted octanol–water partition coefficient (Wildman–Crippen LogP) is 5.43. The van der Waals surface area contributed by atoms with Gasteiger partial charge in [0.25, 0.3) is 0 Å². The predicted molar refractivity (Wildman–Crippen MR) is 272 cm³/mol. The molecule has 18 nitrogen and oxygen atoms in total. The lowest BCUT2D eigenvalue weighted by Crippen LogP contribution is -2.60. The summed E-state index contributed by atoms with van der Waals surface area (Å²) in [6, 6.07) is 0. The van der Waals surface area contributed by atoms with Crippen LogP contribution in [-0.2, 0) is 57.0 Å². The summed E-state index contributed by atoms with van der Waals surface area (Å²) in [5, 5.41) is 66.0. The highest BCUT2D eigenvalue weighted by molar-refractivity contribution is 5.83. The summed E-state index contributed by atoms with van der Waals surface area (Å²) < 4.78 is 62.8. The van der Waals surface area contributed by atoms with Gasteiger partial charge in [0.1, 0.15) is 24.4 Å². The van der Waals surface area contributed by atoms with Crippen LogP contribution in [-0.4, -0.2) is 166 Å². The Morgan fingerprint density at radius 1 is 0.581 bits per heavy atom. The van der Waals surface area contributed by atoms with Crippen LogP contribution in [0.2, 0.25) is 0 Å². The third-order valence-corrected chi connectivity index (χ3v) is 17.1. The summed E-state index contributed by atoms with van der Waals surface area (Å²) in [7, 11) is 3.05. The molecule has 0 aromatic carbocycles. The van der Waals surface area contributed by atoms with E-state index in [9.17, 15) is 40.2 Å². The first-order valence-corrected chi connectivity index (χ1v) is 27.1. The zero-order chi connectivity index (χ0) is 55.0. The maximum atomic E-state index is 13.6. The topological polar surface area (TPSA) is 248 Å². The van der Waals surface area contributed by atoms with Crippen molar-refractivity contribution in [3.63, 3.8) is 0 Å². The van der Waals surface area contributed by atoms with E-state index in [1.807, 2.05) is 55.4 Å². The number of allylic oxidation sites excluding steroid dienone is 4. The minimum atomic E-state index is -1.33. The Morgan fingerprint density at radius 3 is 1.24 bits per heavy atom. The van der Waals surface area contributed by atoms with E-state index in [0.717, 1.165) is 0 Å². The lowest BCUT2D eigenvalue weighted by Gasteiger charge is -2.52. The molecule has 18 heteroatoms. The van der Waals surface area contributed by atoms with Crippen molar-refractivity contribution in [1.82, 2.24) is 0 Å². The third-order valence-electron chi connectivity index (χ3n) is 17.1. The summed E-state index contributed by atoms with van der Waals surface area (Å²) in [4.78, 5) is 27.3. The molecule has 0 spiro atoms. The summed E-state index contributed by atoms with van der Waals surface area (Å²) in [5.41, 5.74) is 0. The largest absolute Gasteiger partial charge is 0.458 e. The number of cyclic esters (lactones) is 2. The van der Waals surface area contributed by atoms with Gasteiger partial charge in [-0.2, -0.15) is 0 Å². The zero-order valence-electron chi connectivity index (χ0n) is 46.3. The van der Waals surface area contributed by atoms with Crippen LogP contribution < -0.4 is 0 Å². The number of aliphatic hydroxyl groups excluding tert-OH is 6. The first-order chi connectivity index (χ1) is 34.9. The van der Waals surface area contributed by atoms with E-state index in [-0.39, 0.29) is 49.7 Å². The molecule has 0 radical (unpaired) electrons. The number of hydrogen-bond donors (Lipinski definition) is 6. The van der Waals surface area contributed by atoms with E-state index in [2.05, 4.69) is 0 Å². The number of esters is 2. The van der Waals surface area contributed by atoms with Crippen LogP contribution in [0.5, 0.6) is 0 Å². The monoisotopic (exact) mass is 1050 g/mol. The molecule has 26 atom stereocenters. The second-order valence-electron chi connectivity index (χ2n) is 22.0. The van der Waals surface area contributed by atoms with Crippen LogP contribution in [0.25, 0.3) is 0 Å². The fourth-order valence-electron chi connectivity index (χ4n) is 12.2. The van der Waals surface area contributed by atoms with E-state index >= 15 is 0 Å². The highest BCUT2D eigenvalue weighted by atomic mass is 16.7. The highest BCUT2D eigenvalue weighted by Gasteiger charge is 2.55. The van der Waals surface area contributed by atoms with Crippen molar-refractivity contribution in [1.29, 1.82) is 0 Å². The second-order valence-corrected chi connectivity index (χ2v) is 22.0. The van der Waals surface area contributed by atoms with Crippen molar-refractivity contribution < 1.29 is 87.6 Å². The number of hydrogen-bond acceptors (Lipinski definition) is 18. The SMILES string of the molecule is CC[C@@H]1[C@@H](C)O[C@@](OC)([C@@H](C)[C@H](O)[C@H](C)[C@H]2OC(=O)/C=C/C=C/[C@H](C)[C@@H]([C@@H](C)[C@@H](O)[C@H](C)[C@@]3(OC)C[C@@H](O[C@H]4C[C@H](O)[C@H](O)[C@H](C)O4)[C@H](CC)[C@@H](C)O3)OC(=O)/C=C/C=C/[C@@H]2C)C[C@H]1O[C@H]1C[C@H](O)[C@H](O)[C@H](C)O1. The minimum Gasteiger partial charge on any atom is -0.458 e. The molecule has 0 unspecified atom stereocenters. The lowest BCUT2D eigenvalue weighted by molar-refractivity contribution is -0.352. The van der Waals surface area contributed by atoms with Gasteiger partial charge < -0.3 is 78.0 Å². The van der Waals surface area contributed by atoms with Gasteiger partial charge in [-0.3, -0.25) is 0 Å². The summed E-state index contributed by atoms with van der Waals surface area (Å²) in [5.74, 6) is -7.70. The standard InChI is InChI=1S/C56H92O18/c1-15-39-35(9)73-55(65-13,27-43(39)69-47-25-41(57)51(63)37(11)67-47)33(7)49(61)31(5)53-29(3)21-17-19-24-46(60)72-54(30(4)22-18-20-23-45(59)71-53)32(6)50(62)34(8)56(66-14)28-44(40(16-2)36(10)74-56)70-48-26-42(58)52(64)38(12)68-48/h17-24,29-44,47-54,57-58,61-64H,15-16,25-28H2,1-14H3/b21-17+,22-18+,23-20+,24-19+/t29-,30-,31-,32-,33-,34-,35+,36+,37-,38-,39+,40+,41-,42-,43+,44+,47-,48-,49+,50+,51+,52+,53-,54-,55+,56+/m0/s1. The van der Waals surface area contributed by atoms with E-state index in [1.54, 1.807) is 52.0 Å². The van der Waals surface area contributed by atoms with Crippen molar-refractivity contribution in [2.24, 2.45) is 47.3 Å².